The zero-order chi connectivity index (χ0) is 13.1. The molecule has 0 aliphatic carbocycles. The van der Waals surface area contributed by atoms with Gasteiger partial charge in [-0.15, -0.1) is 0 Å². The Hall–Kier alpha value is -1.88. The normalized spacial score (nSPS) is 11.1. The van der Waals surface area contributed by atoms with E-state index in [9.17, 15) is 4.79 Å². The van der Waals surface area contributed by atoms with Gasteiger partial charge in [-0.25, -0.2) is 4.98 Å². The van der Waals surface area contributed by atoms with Crippen molar-refractivity contribution in [2.75, 3.05) is 0 Å². The smallest absolute Gasteiger partial charge is 0.255 e. The van der Waals surface area contributed by atoms with Crippen LogP contribution in [0.3, 0.4) is 0 Å². The maximum Gasteiger partial charge on any atom is 0.255 e. The highest BCUT2D eigenvalue weighted by atomic mass is 16.3. The van der Waals surface area contributed by atoms with Gasteiger partial charge in [0.05, 0.1) is 11.8 Å². The average Bonchev–Trinajstić information content (AvgIpc) is 2.73. The summed E-state index contributed by atoms with van der Waals surface area (Å²) in [5.41, 5.74) is 1.33. The molecule has 0 aliphatic heterocycles. The fourth-order valence-electron chi connectivity index (χ4n) is 1.63. The number of rotatable bonds is 4. The monoisotopic (exact) mass is 247 g/mol. The van der Waals surface area contributed by atoms with Crippen molar-refractivity contribution in [2.45, 2.75) is 33.4 Å². The molecule has 0 atom stereocenters. The van der Waals surface area contributed by atoms with Crippen molar-refractivity contribution in [2.24, 2.45) is 0 Å². The van der Waals surface area contributed by atoms with Crippen molar-refractivity contribution in [1.82, 2.24) is 15.3 Å². The van der Waals surface area contributed by atoms with Crippen LogP contribution in [0.2, 0.25) is 0 Å². The number of aryl methyl sites for hydroxylation is 1. The highest BCUT2D eigenvalue weighted by Gasteiger charge is 2.09. The highest BCUT2D eigenvalue weighted by molar-refractivity contribution is 5.56. The van der Waals surface area contributed by atoms with Crippen LogP contribution in [-0.4, -0.2) is 16.0 Å². The molecule has 0 spiro atoms. The summed E-state index contributed by atoms with van der Waals surface area (Å²) in [5, 5.41) is 3.19. The third-order valence-electron chi connectivity index (χ3n) is 2.69. The van der Waals surface area contributed by atoms with Crippen molar-refractivity contribution >= 4 is 0 Å². The average molecular weight is 247 g/mol. The molecule has 0 aromatic carbocycles. The molecule has 18 heavy (non-hydrogen) atoms. The molecule has 0 saturated carbocycles. The molecule has 0 radical (unpaired) electrons. The molecule has 2 rings (SSSR count). The van der Waals surface area contributed by atoms with Crippen LogP contribution in [0.25, 0.3) is 11.4 Å². The molecule has 0 unspecified atom stereocenters. The van der Waals surface area contributed by atoms with Gasteiger partial charge in [0.15, 0.2) is 0 Å². The number of aromatic nitrogens is 2. The Balaban J connectivity index is 2.25. The highest BCUT2D eigenvalue weighted by Crippen LogP contribution is 2.18. The van der Waals surface area contributed by atoms with E-state index in [1.807, 2.05) is 20.8 Å². The Morgan fingerprint density at radius 3 is 2.83 bits per heavy atom. The van der Waals surface area contributed by atoms with Crippen LogP contribution in [-0.2, 0) is 6.54 Å². The van der Waals surface area contributed by atoms with E-state index < -0.39 is 0 Å². The summed E-state index contributed by atoms with van der Waals surface area (Å²) >= 11 is 0. The van der Waals surface area contributed by atoms with Crippen LogP contribution in [0, 0.1) is 6.92 Å². The van der Waals surface area contributed by atoms with E-state index in [0.29, 0.717) is 24.0 Å². The number of nitrogens with one attached hydrogen (secondary N) is 2. The molecular formula is C13H17N3O2. The molecule has 5 nitrogen and oxygen atoms in total. The number of H-pyrrole nitrogens is 1. The molecule has 2 heterocycles. The minimum absolute atomic E-state index is 0.117. The van der Waals surface area contributed by atoms with Crippen LogP contribution in [0.5, 0.6) is 0 Å². The molecule has 0 saturated heterocycles. The van der Waals surface area contributed by atoms with Gasteiger partial charge in [-0.3, -0.25) is 4.79 Å². The Bertz CT molecular complexity index is 584. The van der Waals surface area contributed by atoms with Gasteiger partial charge >= 0.3 is 0 Å². The van der Waals surface area contributed by atoms with Gasteiger partial charge in [0, 0.05) is 24.3 Å². The fraction of sp³-hybridized carbons (Fsp3) is 0.385. The lowest BCUT2D eigenvalue weighted by Crippen LogP contribution is -2.26. The summed E-state index contributed by atoms with van der Waals surface area (Å²) in [6, 6.07) is 2.12. The molecule has 0 aliphatic rings. The standard InChI is InChI=1S/C13H17N3O2/c1-8(2)14-6-10-7-15-12(16-13(10)17)11-4-5-18-9(11)3/h4-5,7-8,14H,6H2,1-3H3,(H,15,16,17). The second-order valence-electron chi connectivity index (χ2n) is 4.51. The molecule has 0 fully saturated rings. The van der Waals surface area contributed by atoms with Gasteiger partial charge in [0.25, 0.3) is 5.56 Å². The Morgan fingerprint density at radius 1 is 1.50 bits per heavy atom. The zero-order valence-electron chi connectivity index (χ0n) is 10.8. The van der Waals surface area contributed by atoms with E-state index in [1.165, 1.54) is 0 Å². The first kappa shape index (κ1) is 12.6. The molecule has 2 aromatic rings. The van der Waals surface area contributed by atoms with E-state index in [0.717, 1.165) is 11.3 Å². The first-order chi connectivity index (χ1) is 8.58. The van der Waals surface area contributed by atoms with Crippen LogP contribution >= 0.6 is 0 Å². The van der Waals surface area contributed by atoms with E-state index in [1.54, 1.807) is 18.5 Å². The molecule has 96 valence electrons. The van der Waals surface area contributed by atoms with Crippen LogP contribution in [0.15, 0.2) is 27.7 Å². The lowest BCUT2D eigenvalue weighted by molar-refractivity contribution is 0.535. The Labute approximate surface area is 105 Å². The van der Waals surface area contributed by atoms with Crippen molar-refractivity contribution < 1.29 is 4.42 Å². The largest absolute Gasteiger partial charge is 0.469 e. The van der Waals surface area contributed by atoms with Gasteiger partial charge in [-0.2, -0.15) is 0 Å². The molecule has 0 bridgehead atoms. The summed E-state index contributed by atoms with van der Waals surface area (Å²) in [6.07, 6.45) is 3.19. The maximum absolute atomic E-state index is 11.9. The van der Waals surface area contributed by atoms with Gasteiger partial charge in [-0.05, 0) is 13.0 Å². The SMILES string of the molecule is Cc1occc1-c1ncc(CNC(C)C)c(=O)[nH]1. The molecule has 2 N–H and O–H groups in total. The number of nitrogens with zero attached hydrogens (tertiary/aromatic N) is 1. The third kappa shape index (κ3) is 2.68. The Morgan fingerprint density at radius 2 is 2.28 bits per heavy atom. The van der Waals surface area contributed by atoms with Gasteiger partial charge in [-0.1, -0.05) is 13.8 Å². The topological polar surface area (TPSA) is 70.9 Å². The van der Waals surface area contributed by atoms with Gasteiger partial charge in [0.1, 0.15) is 11.6 Å². The molecule has 5 heteroatoms. The fourth-order valence-corrected chi connectivity index (χ4v) is 1.63. The van der Waals surface area contributed by atoms with Crippen molar-refractivity contribution in [3.05, 3.63) is 40.2 Å². The third-order valence-corrected chi connectivity index (χ3v) is 2.69. The number of aromatic amines is 1. The minimum Gasteiger partial charge on any atom is -0.469 e. The van der Waals surface area contributed by atoms with Gasteiger partial charge < -0.3 is 14.7 Å². The predicted molar refractivity (Wildman–Crippen MR) is 69.3 cm³/mol. The summed E-state index contributed by atoms with van der Waals surface area (Å²) in [5.74, 6) is 1.28. The Kier molecular flexibility index (Phi) is 3.62. The van der Waals surface area contributed by atoms with E-state index in [-0.39, 0.29) is 5.56 Å². The van der Waals surface area contributed by atoms with E-state index in [4.69, 9.17) is 4.42 Å². The van der Waals surface area contributed by atoms with E-state index >= 15 is 0 Å². The van der Waals surface area contributed by atoms with Crippen LogP contribution < -0.4 is 10.9 Å². The predicted octanol–water partition coefficient (Wildman–Crippen LogP) is 1.84. The van der Waals surface area contributed by atoms with Crippen LogP contribution in [0.1, 0.15) is 25.2 Å². The lowest BCUT2D eigenvalue weighted by Gasteiger charge is -2.07. The summed E-state index contributed by atoms with van der Waals surface area (Å²) in [6.45, 7) is 6.42. The molecule has 2 aromatic heterocycles. The number of hydrogen-bond donors (Lipinski definition) is 2. The second kappa shape index (κ2) is 5.18. The van der Waals surface area contributed by atoms with Crippen molar-refractivity contribution in [1.29, 1.82) is 0 Å². The number of hydrogen-bond acceptors (Lipinski definition) is 4. The van der Waals surface area contributed by atoms with Crippen LogP contribution in [0.4, 0.5) is 0 Å². The van der Waals surface area contributed by atoms with Gasteiger partial charge in [0.2, 0.25) is 0 Å². The number of furan rings is 1. The quantitative estimate of drug-likeness (QED) is 0.864. The molecule has 0 amide bonds. The molecular weight excluding hydrogens is 230 g/mol. The van der Waals surface area contributed by atoms with Crippen molar-refractivity contribution in [3.8, 4) is 11.4 Å². The minimum atomic E-state index is -0.117. The first-order valence-electron chi connectivity index (χ1n) is 5.94. The van der Waals surface area contributed by atoms with Crippen molar-refractivity contribution in [3.63, 3.8) is 0 Å². The maximum atomic E-state index is 11.9. The summed E-state index contributed by atoms with van der Waals surface area (Å²) in [7, 11) is 0. The van der Waals surface area contributed by atoms with E-state index in [2.05, 4.69) is 15.3 Å². The zero-order valence-corrected chi connectivity index (χ0v) is 10.8. The first-order valence-corrected chi connectivity index (χ1v) is 5.94. The second-order valence-corrected chi connectivity index (χ2v) is 4.51. The lowest BCUT2D eigenvalue weighted by atomic mass is 10.2. The summed E-state index contributed by atoms with van der Waals surface area (Å²) in [4.78, 5) is 18.9. The summed E-state index contributed by atoms with van der Waals surface area (Å²) < 4.78 is 5.19.